The van der Waals surface area contributed by atoms with E-state index in [9.17, 15) is 9.90 Å². The van der Waals surface area contributed by atoms with E-state index in [0.29, 0.717) is 36.9 Å². The van der Waals surface area contributed by atoms with Gasteiger partial charge >= 0.3 is 6.09 Å². The number of hydrogen-bond donors (Lipinski definition) is 1. The van der Waals surface area contributed by atoms with Crippen molar-refractivity contribution in [3.8, 4) is 0 Å². The molecule has 0 bridgehead atoms. The predicted octanol–water partition coefficient (Wildman–Crippen LogP) is 5.80. The van der Waals surface area contributed by atoms with E-state index in [1.54, 1.807) is 19.4 Å². The predicted molar refractivity (Wildman–Crippen MR) is 159 cm³/mol. The number of piperazine rings is 1. The summed E-state index contributed by atoms with van der Waals surface area (Å²) in [5.74, 6) is 0. The van der Waals surface area contributed by atoms with Crippen LogP contribution in [-0.4, -0.2) is 67.3 Å². The number of ether oxygens (including phenoxy) is 1. The smallest absolute Gasteiger partial charge is 0.410 e. The zero-order chi connectivity index (χ0) is 28.8. The summed E-state index contributed by atoms with van der Waals surface area (Å²) in [5.41, 5.74) is 3.46. The second-order valence-electron chi connectivity index (χ2n) is 12.0. The summed E-state index contributed by atoms with van der Waals surface area (Å²) in [5, 5.41) is 12.6. The van der Waals surface area contributed by atoms with E-state index in [4.69, 9.17) is 21.3 Å². The van der Waals surface area contributed by atoms with Crippen LogP contribution in [0.4, 0.5) is 4.79 Å². The van der Waals surface area contributed by atoms with Gasteiger partial charge in [-0.3, -0.25) is 9.88 Å². The number of benzene rings is 1. The van der Waals surface area contributed by atoms with E-state index >= 15 is 0 Å². The number of halogens is 1. The van der Waals surface area contributed by atoms with E-state index < -0.39 is 5.60 Å². The van der Waals surface area contributed by atoms with Crippen molar-refractivity contribution >= 4 is 29.3 Å². The molecule has 1 amide bonds. The van der Waals surface area contributed by atoms with Crippen LogP contribution in [0.3, 0.4) is 0 Å². The van der Waals surface area contributed by atoms with Crippen molar-refractivity contribution in [2.45, 2.75) is 63.2 Å². The molecule has 216 valence electrons. The summed E-state index contributed by atoms with van der Waals surface area (Å²) >= 11 is 6.58. The molecule has 3 aliphatic rings. The molecule has 9 heteroatoms. The van der Waals surface area contributed by atoms with Crippen LogP contribution in [0.15, 0.2) is 49.1 Å². The first kappa shape index (κ1) is 27.9. The molecule has 3 heterocycles. The highest BCUT2D eigenvalue weighted by atomic mass is 35.5. The Balaban J connectivity index is 1.33. The highest BCUT2D eigenvalue weighted by Crippen LogP contribution is 2.46. The van der Waals surface area contributed by atoms with E-state index in [1.807, 2.05) is 59.1 Å². The van der Waals surface area contributed by atoms with Gasteiger partial charge in [0.15, 0.2) is 0 Å². The highest BCUT2D eigenvalue weighted by molar-refractivity contribution is 6.30. The van der Waals surface area contributed by atoms with E-state index in [-0.39, 0.29) is 17.7 Å². The van der Waals surface area contributed by atoms with Crippen molar-refractivity contribution in [2.75, 3.05) is 26.2 Å². The third-order valence-electron chi connectivity index (χ3n) is 9.05. The van der Waals surface area contributed by atoms with Gasteiger partial charge in [-0.05, 0) is 86.1 Å². The monoisotopic (exact) mass is 575 g/mol. The topological polar surface area (TPSA) is 83.7 Å². The maximum Gasteiger partial charge on any atom is 0.410 e. The van der Waals surface area contributed by atoms with Gasteiger partial charge in [0.1, 0.15) is 11.2 Å². The average Bonchev–Trinajstić information content (AvgIpc) is 3.34. The lowest BCUT2D eigenvalue weighted by atomic mass is 9.84. The fraction of sp³-hybridized carbons (Fsp3) is 0.469. The minimum absolute atomic E-state index is 0.177. The standard InChI is InChI=1S/C32H38ClN5O3/c1-31(11-5-4-6-12-31)41-30(39)38-16-14-37(15-17-38)29-24-10-9-23(33)19-25(24)26(18-22-8-7-13-35-28(22)29)32(2,40)27-20-34-21-36(27)3/h7-10,13,18-21,29,40H,4-6,11-12,14-17H2,1-3H3/t29-,32-/m0/s1. The van der Waals surface area contributed by atoms with Gasteiger partial charge in [-0.25, -0.2) is 9.78 Å². The lowest BCUT2D eigenvalue weighted by Crippen LogP contribution is -2.51. The Labute approximate surface area is 246 Å². The Morgan fingerprint density at radius 2 is 1.90 bits per heavy atom. The van der Waals surface area contributed by atoms with Crippen molar-refractivity contribution in [3.05, 3.63) is 82.2 Å². The number of rotatable bonds is 4. The van der Waals surface area contributed by atoms with Gasteiger partial charge in [-0.1, -0.05) is 30.2 Å². The lowest BCUT2D eigenvalue weighted by molar-refractivity contribution is -0.0276. The fourth-order valence-electron chi connectivity index (χ4n) is 6.74. The first-order chi connectivity index (χ1) is 19.7. The Hall–Kier alpha value is -3.20. The fourth-order valence-corrected chi connectivity index (χ4v) is 6.91. The molecule has 1 saturated carbocycles. The van der Waals surface area contributed by atoms with Crippen LogP contribution >= 0.6 is 11.6 Å². The Morgan fingerprint density at radius 1 is 1.15 bits per heavy atom. The van der Waals surface area contributed by atoms with Gasteiger partial charge in [0, 0.05) is 44.4 Å². The molecule has 2 fully saturated rings. The molecule has 1 N–H and O–H groups in total. The molecule has 0 radical (unpaired) electrons. The Kier molecular flexibility index (Phi) is 7.42. The van der Waals surface area contributed by atoms with Crippen LogP contribution in [0.2, 0.25) is 5.02 Å². The molecule has 1 aliphatic heterocycles. The number of carbonyl (C=O) groups is 1. The molecule has 3 aromatic rings. The summed E-state index contributed by atoms with van der Waals surface area (Å²) in [6, 6.07) is 9.67. The van der Waals surface area contributed by atoms with Gasteiger partial charge in [0.2, 0.25) is 0 Å². The number of hydrogen-bond acceptors (Lipinski definition) is 6. The molecule has 1 saturated heterocycles. The quantitative estimate of drug-likeness (QED) is 0.423. The number of imidazole rings is 1. The van der Waals surface area contributed by atoms with Crippen molar-refractivity contribution < 1.29 is 14.6 Å². The van der Waals surface area contributed by atoms with Crippen molar-refractivity contribution in [2.24, 2.45) is 7.05 Å². The minimum atomic E-state index is -1.34. The molecule has 0 spiro atoms. The number of carbonyl (C=O) groups excluding carboxylic acids is 1. The number of pyridine rings is 1. The summed E-state index contributed by atoms with van der Waals surface area (Å²) in [4.78, 5) is 26.5. The molecular formula is C32H38ClN5O3. The lowest BCUT2D eigenvalue weighted by Gasteiger charge is -2.41. The van der Waals surface area contributed by atoms with Crippen LogP contribution < -0.4 is 0 Å². The number of nitrogens with zero attached hydrogens (tertiary/aromatic N) is 5. The van der Waals surface area contributed by atoms with Gasteiger partial charge in [-0.2, -0.15) is 0 Å². The normalized spacial score (nSPS) is 22.1. The van der Waals surface area contributed by atoms with Crippen LogP contribution in [0.1, 0.15) is 80.1 Å². The number of aryl methyl sites for hydroxylation is 1. The number of aliphatic hydroxyl groups is 1. The number of aromatic nitrogens is 3. The first-order valence-electron chi connectivity index (χ1n) is 14.5. The Morgan fingerprint density at radius 3 is 2.61 bits per heavy atom. The largest absolute Gasteiger partial charge is 0.443 e. The third-order valence-corrected chi connectivity index (χ3v) is 9.29. The average molecular weight is 576 g/mol. The second-order valence-corrected chi connectivity index (χ2v) is 12.5. The molecule has 8 nitrogen and oxygen atoms in total. The molecule has 0 unspecified atom stereocenters. The minimum Gasteiger partial charge on any atom is -0.443 e. The second kappa shape index (κ2) is 10.9. The zero-order valence-electron chi connectivity index (χ0n) is 24.0. The van der Waals surface area contributed by atoms with E-state index in [0.717, 1.165) is 53.6 Å². The van der Waals surface area contributed by atoms with Gasteiger partial charge in [-0.15, -0.1) is 0 Å². The van der Waals surface area contributed by atoms with Gasteiger partial charge < -0.3 is 19.3 Å². The summed E-state index contributed by atoms with van der Waals surface area (Å²) < 4.78 is 7.88. The Bertz CT molecular complexity index is 1470. The maximum absolute atomic E-state index is 13.2. The molecule has 2 atom stereocenters. The maximum atomic E-state index is 13.2. The molecular weight excluding hydrogens is 538 g/mol. The van der Waals surface area contributed by atoms with E-state index in [2.05, 4.69) is 16.8 Å². The van der Waals surface area contributed by atoms with Crippen LogP contribution in [0, 0.1) is 0 Å². The third kappa shape index (κ3) is 5.29. The highest BCUT2D eigenvalue weighted by Gasteiger charge is 2.40. The van der Waals surface area contributed by atoms with Crippen LogP contribution in [0.5, 0.6) is 0 Å². The van der Waals surface area contributed by atoms with Crippen LogP contribution in [0.25, 0.3) is 11.6 Å². The van der Waals surface area contributed by atoms with Crippen molar-refractivity contribution in [3.63, 3.8) is 0 Å². The molecule has 1 aromatic carbocycles. The first-order valence-corrected chi connectivity index (χ1v) is 14.9. The van der Waals surface area contributed by atoms with Gasteiger partial charge in [0.25, 0.3) is 0 Å². The van der Waals surface area contributed by atoms with E-state index in [1.165, 1.54) is 6.42 Å². The summed E-state index contributed by atoms with van der Waals surface area (Å²) in [6.45, 7) is 6.35. The van der Waals surface area contributed by atoms with Crippen LogP contribution in [-0.2, 0) is 17.4 Å². The molecule has 2 aliphatic carbocycles. The van der Waals surface area contributed by atoms with Crippen molar-refractivity contribution in [1.82, 2.24) is 24.3 Å². The zero-order valence-corrected chi connectivity index (χ0v) is 24.8. The summed E-state index contributed by atoms with van der Waals surface area (Å²) in [6.07, 6.45) is 12.3. The summed E-state index contributed by atoms with van der Waals surface area (Å²) in [7, 11) is 1.88. The van der Waals surface area contributed by atoms with Crippen molar-refractivity contribution in [1.29, 1.82) is 0 Å². The number of amides is 1. The molecule has 41 heavy (non-hydrogen) atoms. The van der Waals surface area contributed by atoms with Gasteiger partial charge in [0.05, 0.1) is 30.0 Å². The SMILES string of the molecule is Cn1cncc1[C@@](C)(O)C1=Cc2cccnc2[C@@H](N2CCN(C(=O)OC3(C)CCCCC3)CC2)c2ccc(Cl)cc21. The molecule has 2 aromatic heterocycles. The molecule has 6 rings (SSSR count). The number of fused-ring (bicyclic) bond motifs is 2.